The second-order valence-corrected chi connectivity index (χ2v) is 21.1. The van der Waals surface area contributed by atoms with Crippen LogP contribution in [-0.2, 0) is 16.2 Å². The summed E-state index contributed by atoms with van der Waals surface area (Å²) in [6.07, 6.45) is 0. The van der Waals surface area contributed by atoms with E-state index >= 15 is 0 Å². The van der Waals surface area contributed by atoms with Crippen molar-refractivity contribution in [2.75, 3.05) is 4.90 Å². The summed E-state index contributed by atoms with van der Waals surface area (Å²) in [7, 11) is 0. The fourth-order valence-corrected chi connectivity index (χ4v) is 13.6. The number of fused-ring (bicyclic) bond motifs is 11. The third-order valence-electron chi connectivity index (χ3n) is 16.7. The monoisotopic (exact) mass is 919 g/mol. The first kappa shape index (κ1) is 42.4. The third-order valence-corrected chi connectivity index (χ3v) is 16.7. The molecular formula is C71H53N. The predicted molar refractivity (Wildman–Crippen MR) is 302 cm³/mol. The van der Waals surface area contributed by atoms with Crippen LogP contribution in [0.25, 0.3) is 66.4 Å². The van der Waals surface area contributed by atoms with Gasteiger partial charge in [0.15, 0.2) is 0 Å². The molecule has 1 heteroatoms. The van der Waals surface area contributed by atoms with Gasteiger partial charge in [-0.2, -0.15) is 0 Å². The van der Waals surface area contributed by atoms with E-state index in [1.807, 2.05) is 0 Å². The Morgan fingerprint density at radius 2 is 0.708 bits per heavy atom. The van der Waals surface area contributed by atoms with Crippen LogP contribution in [0.5, 0.6) is 0 Å². The molecular weight excluding hydrogens is 867 g/mol. The standard InChI is InChI=1S/C71H53N/c1-69(2)60-33-19-16-28-53(60)55-42-40-51(44-63(55)69)72(52-41-43-56-54-29-17-21-35-62(54)71(64(56)45-52,48-24-10-6-11-25-48)49-26-12-7-13-27-49)50-38-36-47(37-39-50)66-65(46-22-8-5-9-23-46)57-30-14-15-31-58(57)68-67(66)59-32-18-20-34-61(59)70(68,3)4/h5-45H,1-4H3. The molecule has 0 saturated heterocycles. The van der Waals surface area contributed by atoms with Crippen LogP contribution in [-0.4, -0.2) is 0 Å². The van der Waals surface area contributed by atoms with E-state index in [2.05, 4.69) is 281 Å². The van der Waals surface area contributed by atoms with Crippen molar-refractivity contribution in [2.24, 2.45) is 0 Å². The van der Waals surface area contributed by atoms with Crippen molar-refractivity contribution in [1.29, 1.82) is 0 Å². The van der Waals surface area contributed by atoms with Gasteiger partial charge in [0, 0.05) is 27.9 Å². The van der Waals surface area contributed by atoms with Gasteiger partial charge in [0.1, 0.15) is 0 Å². The smallest absolute Gasteiger partial charge is 0.0714 e. The first-order chi connectivity index (χ1) is 35.3. The summed E-state index contributed by atoms with van der Waals surface area (Å²) in [5.74, 6) is 0. The highest BCUT2D eigenvalue weighted by molar-refractivity contribution is 6.14. The maximum atomic E-state index is 2.51. The number of nitrogens with zero attached hydrogens (tertiary/aromatic N) is 1. The largest absolute Gasteiger partial charge is 0.310 e. The minimum Gasteiger partial charge on any atom is -0.310 e. The maximum absolute atomic E-state index is 2.51. The Bertz CT molecular complexity index is 3910. The number of anilines is 3. The van der Waals surface area contributed by atoms with Gasteiger partial charge in [0.05, 0.1) is 5.41 Å². The molecule has 0 heterocycles. The molecule has 0 saturated carbocycles. The molecule has 11 aromatic carbocycles. The van der Waals surface area contributed by atoms with Crippen molar-refractivity contribution in [3.8, 4) is 55.6 Å². The molecule has 0 N–H and O–H groups in total. The van der Waals surface area contributed by atoms with Gasteiger partial charge < -0.3 is 4.90 Å². The van der Waals surface area contributed by atoms with Gasteiger partial charge in [-0.3, -0.25) is 0 Å². The van der Waals surface area contributed by atoms with Gasteiger partial charge in [-0.15, -0.1) is 0 Å². The van der Waals surface area contributed by atoms with Crippen molar-refractivity contribution in [3.63, 3.8) is 0 Å². The van der Waals surface area contributed by atoms with Crippen molar-refractivity contribution in [1.82, 2.24) is 0 Å². The van der Waals surface area contributed by atoms with E-state index in [9.17, 15) is 0 Å². The van der Waals surface area contributed by atoms with Gasteiger partial charge >= 0.3 is 0 Å². The molecule has 0 unspecified atom stereocenters. The van der Waals surface area contributed by atoms with Crippen molar-refractivity contribution >= 4 is 27.8 Å². The van der Waals surface area contributed by atoms with Crippen LogP contribution in [0, 0.1) is 0 Å². The van der Waals surface area contributed by atoms with Crippen LogP contribution in [0.4, 0.5) is 17.1 Å². The SMILES string of the molecule is CC1(C)c2ccccc2-c2ccc(N(c3ccc(-c4c5c(c6ccccc6c4-c4ccccc4)C(C)(C)c4ccccc4-5)cc3)c3ccc4c(c3)C(c3ccccc3)(c3ccccc3)c3ccccc3-4)cc21. The summed E-state index contributed by atoms with van der Waals surface area (Å²) in [4.78, 5) is 2.51. The first-order valence-corrected chi connectivity index (χ1v) is 25.5. The van der Waals surface area contributed by atoms with Crippen molar-refractivity contribution in [3.05, 3.63) is 293 Å². The summed E-state index contributed by atoms with van der Waals surface area (Å²) < 4.78 is 0. The topological polar surface area (TPSA) is 3.24 Å². The van der Waals surface area contributed by atoms with Crippen LogP contribution in [0.3, 0.4) is 0 Å². The van der Waals surface area contributed by atoms with Gasteiger partial charge in [-0.25, -0.2) is 0 Å². The van der Waals surface area contributed by atoms with Crippen LogP contribution < -0.4 is 4.90 Å². The Labute approximate surface area is 423 Å². The number of hydrogen-bond acceptors (Lipinski definition) is 1. The lowest BCUT2D eigenvalue weighted by Gasteiger charge is -2.35. The second-order valence-electron chi connectivity index (χ2n) is 21.1. The van der Waals surface area contributed by atoms with Crippen LogP contribution >= 0.6 is 0 Å². The Hall–Kier alpha value is -8.52. The average Bonchev–Trinajstić information content (AvgIpc) is 3.96. The van der Waals surface area contributed by atoms with E-state index in [1.54, 1.807) is 0 Å². The van der Waals surface area contributed by atoms with E-state index in [-0.39, 0.29) is 10.8 Å². The van der Waals surface area contributed by atoms with Crippen LogP contribution in [0.15, 0.2) is 249 Å². The number of rotatable bonds is 7. The Morgan fingerprint density at radius 3 is 1.33 bits per heavy atom. The van der Waals surface area contributed by atoms with Gasteiger partial charge in [0.25, 0.3) is 0 Å². The zero-order valence-corrected chi connectivity index (χ0v) is 41.1. The summed E-state index contributed by atoms with van der Waals surface area (Å²) in [6, 6.07) is 93.5. The number of hydrogen-bond donors (Lipinski definition) is 0. The Morgan fingerprint density at radius 1 is 0.278 bits per heavy atom. The highest BCUT2D eigenvalue weighted by Gasteiger charge is 2.47. The lowest BCUT2D eigenvalue weighted by molar-refractivity contribution is 0.660. The van der Waals surface area contributed by atoms with E-state index in [4.69, 9.17) is 0 Å². The molecule has 1 nitrogen and oxygen atoms in total. The summed E-state index contributed by atoms with van der Waals surface area (Å²) in [6.45, 7) is 9.58. The number of benzene rings is 11. The predicted octanol–water partition coefficient (Wildman–Crippen LogP) is 18.6. The molecule has 342 valence electrons. The quantitative estimate of drug-likeness (QED) is 0.154. The molecule has 72 heavy (non-hydrogen) atoms. The molecule has 3 aliphatic carbocycles. The van der Waals surface area contributed by atoms with Gasteiger partial charge in [-0.1, -0.05) is 240 Å². The van der Waals surface area contributed by atoms with E-state index in [1.165, 1.54) is 111 Å². The molecule has 0 bridgehead atoms. The molecule has 3 aliphatic rings. The average molecular weight is 920 g/mol. The molecule has 0 radical (unpaired) electrons. The van der Waals surface area contributed by atoms with E-state index in [0.29, 0.717) is 0 Å². The summed E-state index contributed by atoms with van der Waals surface area (Å²) in [5.41, 5.74) is 25.9. The normalized spacial score (nSPS) is 14.7. The minimum atomic E-state index is -0.532. The van der Waals surface area contributed by atoms with Crippen LogP contribution in [0.1, 0.15) is 72.2 Å². The first-order valence-electron chi connectivity index (χ1n) is 25.5. The lowest BCUT2D eigenvalue weighted by atomic mass is 9.67. The zero-order valence-electron chi connectivity index (χ0n) is 41.1. The van der Waals surface area contributed by atoms with E-state index < -0.39 is 5.41 Å². The Balaban J connectivity index is 1.02. The van der Waals surface area contributed by atoms with E-state index in [0.717, 1.165) is 17.1 Å². The Kier molecular flexibility index (Phi) is 9.26. The molecule has 0 atom stereocenters. The molecule has 0 aromatic heterocycles. The fourth-order valence-electron chi connectivity index (χ4n) is 13.6. The van der Waals surface area contributed by atoms with Crippen LogP contribution in [0.2, 0.25) is 0 Å². The van der Waals surface area contributed by atoms with Gasteiger partial charge in [0.2, 0.25) is 0 Å². The molecule has 0 amide bonds. The highest BCUT2D eigenvalue weighted by Crippen LogP contribution is 2.60. The molecule has 14 rings (SSSR count). The highest BCUT2D eigenvalue weighted by atomic mass is 15.1. The molecule has 0 aliphatic heterocycles. The molecule has 0 spiro atoms. The van der Waals surface area contributed by atoms with Crippen molar-refractivity contribution in [2.45, 2.75) is 43.9 Å². The third kappa shape index (κ3) is 5.89. The van der Waals surface area contributed by atoms with Crippen molar-refractivity contribution < 1.29 is 0 Å². The fraction of sp³-hybridized carbons (Fsp3) is 0.0986. The summed E-state index contributed by atoms with van der Waals surface area (Å²) >= 11 is 0. The molecule has 0 fully saturated rings. The maximum Gasteiger partial charge on any atom is 0.0714 e. The van der Waals surface area contributed by atoms with Gasteiger partial charge in [-0.05, 0) is 147 Å². The zero-order chi connectivity index (χ0) is 48.3. The summed E-state index contributed by atoms with van der Waals surface area (Å²) in [5, 5.41) is 2.60. The molecule has 11 aromatic rings. The lowest BCUT2D eigenvalue weighted by Crippen LogP contribution is -2.28. The minimum absolute atomic E-state index is 0.165. The second kappa shape index (κ2) is 15.7.